The first-order chi connectivity index (χ1) is 10.6. The molecule has 1 aromatic rings. The monoisotopic (exact) mass is 300 g/mol. The number of hydrogen-bond acceptors (Lipinski definition) is 2. The first-order valence-corrected chi connectivity index (χ1v) is 8.29. The number of rotatable bonds is 3. The molecule has 0 unspecified atom stereocenters. The lowest BCUT2D eigenvalue weighted by Crippen LogP contribution is -2.43. The van der Waals surface area contributed by atoms with Crippen molar-refractivity contribution < 1.29 is 9.59 Å². The van der Waals surface area contributed by atoms with E-state index in [-0.39, 0.29) is 11.8 Å². The molecule has 1 N–H and O–H groups in total. The zero-order chi connectivity index (χ0) is 15.6. The Morgan fingerprint density at radius 3 is 2.14 bits per heavy atom. The molecule has 2 amide bonds. The van der Waals surface area contributed by atoms with Crippen LogP contribution in [0.5, 0.6) is 0 Å². The summed E-state index contributed by atoms with van der Waals surface area (Å²) in [7, 11) is 0. The minimum absolute atomic E-state index is 0.0408. The summed E-state index contributed by atoms with van der Waals surface area (Å²) in [4.78, 5) is 27.3. The van der Waals surface area contributed by atoms with Gasteiger partial charge < -0.3 is 10.2 Å². The van der Waals surface area contributed by atoms with Crippen molar-refractivity contribution in [1.82, 2.24) is 4.90 Å². The predicted molar refractivity (Wildman–Crippen MR) is 86.5 cm³/mol. The third-order valence-corrected chi connectivity index (χ3v) is 4.80. The molecule has 2 aliphatic rings. The number of anilines is 1. The van der Waals surface area contributed by atoms with Gasteiger partial charge in [0.05, 0.1) is 0 Å². The molecular formula is C18H24N2O2. The maximum Gasteiger partial charge on any atom is 0.240 e. The minimum Gasteiger partial charge on any atom is -0.342 e. The summed E-state index contributed by atoms with van der Waals surface area (Å²) in [6, 6.07) is 7.71. The lowest BCUT2D eigenvalue weighted by atomic mass is 10.0. The first-order valence-electron chi connectivity index (χ1n) is 8.29. The van der Waals surface area contributed by atoms with Gasteiger partial charge in [0, 0.05) is 18.8 Å². The number of carbonyl (C=O) groups is 2. The molecule has 1 saturated carbocycles. The molecule has 0 bridgehead atoms. The van der Waals surface area contributed by atoms with Crippen molar-refractivity contribution in [3.05, 3.63) is 29.8 Å². The molecule has 1 aliphatic carbocycles. The Kier molecular flexibility index (Phi) is 4.19. The standard InChI is InChI=1S/C18H24N2O2/c1-14-6-8-15(9-7-14)19-16(21)18(10-11-18)17(22)20-12-4-2-3-5-13-20/h6-9H,2-5,10-13H2,1H3,(H,19,21). The van der Waals surface area contributed by atoms with Crippen LogP contribution in [0.25, 0.3) is 0 Å². The largest absolute Gasteiger partial charge is 0.342 e. The summed E-state index contributed by atoms with van der Waals surface area (Å²) >= 11 is 0. The Morgan fingerprint density at radius 1 is 1.00 bits per heavy atom. The van der Waals surface area contributed by atoms with Gasteiger partial charge in [-0.3, -0.25) is 9.59 Å². The van der Waals surface area contributed by atoms with Gasteiger partial charge in [-0.1, -0.05) is 30.5 Å². The molecule has 118 valence electrons. The smallest absolute Gasteiger partial charge is 0.240 e. The number of benzene rings is 1. The molecule has 1 heterocycles. The van der Waals surface area contributed by atoms with Crippen LogP contribution < -0.4 is 5.32 Å². The van der Waals surface area contributed by atoms with Crippen molar-refractivity contribution in [2.24, 2.45) is 5.41 Å². The van der Waals surface area contributed by atoms with Gasteiger partial charge in [0.1, 0.15) is 5.41 Å². The van der Waals surface area contributed by atoms with E-state index < -0.39 is 5.41 Å². The molecule has 0 atom stereocenters. The van der Waals surface area contributed by atoms with Gasteiger partial charge in [-0.2, -0.15) is 0 Å². The van der Waals surface area contributed by atoms with E-state index in [2.05, 4.69) is 5.32 Å². The lowest BCUT2D eigenvalue weighted by Gasteiger charge is -2.25. The van der Waals surface area contributed by atoms with Crippen LogP contribution in [0.15, 0.2) is 24.3 Å². The van der Waals surface area contributed by atoms with Gasteiger partial charge in [0.15, 0.2) is 0 Å². The van der Waals surface area contributed by atoms with E-state index in [1.807, 2.05) is 36.1 Å². The topological polar surface area (TPSA) is 49.4 Å². The summed E-state index contributed by atoms with van der Waals surface area (Å²) in [6.45, 7) is 3.62. The van der Waals surface area contributed by atoms with Crippen LogP contribution in [0.2, 0.25) is 0 Å². The summed E-state index contributed by atoms with van der Waals surface area (Å²) < 4.78 is 0. The fraction of sp³-hybridized carbons (Fsp3) is 0.556. The molecule has 22 heavy (non-hydrogen) atoms. The highest BCUT2D eigenvalue weighted by Crippen LogP contribution is 2.48. The molecule has 1 aliphatic heterocycles. The van der Waals surface area contributed by atoms with Crippen molar-refractivity contribution in [3.63, 3.8) is 0 Å². The fourth-order valence-corrected chi connectivity index (χ4v) is 3.13. The van der Waals surface area contributed by atoms with Crippen molar-refractivity contribution in [3.8, 4) is 0 Å². The highest BCUT2D eigenvalue weighted by molar-refractivity contribution is 6.13. The van der Waals surface area contributed by atoms with Crippen LogP contribution in [0, 0.1) is 12.3 Å². The quantitative estimate of drug-likeness (QED) is 0.872. The first kappa shape index (κ1) is 15.1. The van der Waals surface area contributed by atoms with Crippen LogP contribution in [0.3, 0.4) is 0 Å². The van der Waals surface area contributed by atoms with Gasteiger partial charge in [-0.25, -0.2) is 0 Å². The number of nitrogens with one attached hydrogen (secondary N) is 1. The highest BCUT2D eigenvalue weighted by Gasteiger charge is 2.57. The molecular weight excluding hydrogens is 276 g/mol. The molecule has 3 rings (SSSR count). The maximum absolute atomic E-state index is 12.8. The van der Waals surface area contributed by atoms with Crippen LogP contribution in [-0.4, -0.2) is 29.8 Å². The fourth-order valence-electron chi connectivity index (χ4n) is 3.13. The van der Waals surface area contributed by atoms with Crippen molar-refractivity contribution in [2.75, 3.05) is 18.4 Å². The number of hydrogen-bond donors (Lipinski definition) is 1. The second-order valence-electron chi connectivity index (χ2n) is 6.61. The number of likely N-dealkylation sites (tertiary alicyclic amines) is 1. The van der Waals surface area contributed by atoms with Gasteiger partial charge >= 0.3 is 0 Å². The molecule has 1 saturated heterocycles. The normalized spacial score (nSPS) is 20.1. The number of nitrogens with zero attached hydrogens (tertiary/aromatic N) is 1. The third kappa shape index (κ3) is 3.01. The summed E-state index contributed by atoms with van der Waals surface area (Å²) in [5, 5.41) is 2.92. The molecule has 0 radical (unpaired) electrons. The minimum atomic E-state index is -0.796. The molecule has 4 nitrogen and oxygen atoms in total. The SMILES string of the molecule is Cc1ccc(NC(=O)C2(C(=O)N3CCCCCC3)CC2)cc1. The predicted octanol–water partition coefficient (Wildman–Crippen LogP) is 3.12. The number of aryl methyl sites for hydroxylation is 1. The van der Waals surface area contributed by atoms with Gasteiger partial charge in [0.2, 0.25) is 11.8 Å². The molecule has 1 aromatic carbocycles. The second kappa shape index (κ2) is 6.11. The summed E-state index contributed by atoms with van der Waals surface area (Å²) in [5.41, 5.74) is 1.13. The molecule has 2 fully saturated rings. The summed E-state index contributed by atoms with van der Waals surface area (Å²) in [5.74, 6) is -0.0930. The van der Waals surface area contributed by atoms with Crippen molar-refractivity contribution in [1.29, 1.82) is 0 Å². The van der Waals surface area contributed by atoms with E-state index in [1.54, 1.807) is 0 Å². The maximum atomic E-state index is 12.8. The molecule has 0 spiro atoms. The van der Waals surface area contributed by atoms with Gasteiger partial charge in [-0.05, 0) is 44.7 Å². The van der Waals surface area contributed by atoms with E-state index in [9.17, 15) is 9.59 Å². The number of carbonyl (C=O) groups excluding carboxylic acids is 2. The molecule has 0 aromatic heterocycles. The van der Waals surface area contributed by atoms with E-state index in [1.165, 1.54) is 12.8 Å². The zero-order valence-electron chi connectivity index (χ0n) is 13.2. The highest BCUT2D eigenvalue weighted by atomic mass is 16.2. The van der Waals surface area contributed by atoms with Gasteiger partial charge in [0.25, 0.3) is 0 Å². The van der Waals surface area contributed by atoms with E-state index in [0.717, 1.165) is 37.2 Å². The molecule has 4 heteroatoms. The van der Waals surface area contributed by atoms with Crippen LogP contribution in [-0.2, 0) is 9.59 Å². The van der Waals surface area contributed by atoms with Crippen LogP contribution >= 0.6 is 0 Å². The Hall–Kier alpha value is -1.84. The number of amides is 2. The van der Waals surface area contributed by atoms with Crippen LogP contribution in [0.4, 0.5) is 5.69 Å². The average molecular weight is 300 g/mol. The van der Waals surface area contributed by atoms with Gasteiger partial charge in [-0.15, -0.1) is 0 Å². The average Bonchev–Trinajstić information content (AvgIpc) is 3.34. The van der Waals surface area contributed by atoms with E-state index in [4.69, 9.17) is 0 Å². The van der Waals surface area contributed by atoms with E-state index in [0.29, 0.717) is 12.8 Å². The van der Waals surface area contributed by atoms with Crippen molar-refractivity contribution >= 4 is 17.5 Å². The Balaban J connectivity index is 1.68. The lowest BCUT2D eigenvalue weighted by molar-refractivity contribution is -0.142. The van der Waals surface area contributed by atoms with Crippen molar-refractivity contribution in [2.45, 2.75) is 45.4 Å². The zero-order valence-corrected chi connectivity index (χ0v) is 13.2. The Morgan fingerprint density at radius 2 is 1.59 bits per heavy atom. The second-order valence-corrected chi connectivity index (χ2v) is 6.61. The van der Waals surface area contributed by atoms with E-state index >= 15 is 0 Å². The van der Waals surface area contributed by atoms with Crippen LogP contribution in [0.1, 0.15) is 44.1 Å². The Bertz CT molecular complexity index is 553. The Labute approximate surface area is 131 Å². The summed E-state index contributed by atoms with van der Waals surface area (Å²) in [6.07, 6.45) is 5.85. The third-order valence-electron chi connectivity index (χ3n) is 4.80.